The fraction of sp³-hybridized carbons (Fsp3) is 0.526. The Labute approximate surface area is 168 Å². The molecule has 0 radical (unpaired) electrons. The largest absolute Gasteiger partial charge is 0.465 e. The maximum Gasteiger partial charge on any atom is 0.407 e. The van der Waals surface area contributed by atoms with Gasteiger partial charge >= 0.3 is 6.09 Å². The van der Waals surface area contributed by atoms with E-state index in [9.17, 15) is 9.90 Å². The Hall–Kier alpha value is -2.32. The van der Waals surface area contributed by atoms with Gasteiger partial charge in [0.2, 0.25) is 0 Å². The fourth-order valence-corrected chi connectivity index (χ4v) is 5.02. The molecule has 2 saturated heterocycles. The highest BCUT2D eigenvalue weighted by atomic mass is 35.5. The van der Waals surface area contributed by atoms with E-state index in [1.54, 1.807) is 11.2 Å². The van der Waals surface area contributed by atoms with Crippen molar-refractivity contribution in [3.8, 4) is 0 Å². The van der Waals surface area contributed by atoms with Gasteiger partial charge in [0.1, 0.15) is 12.2 Å². The molecule has 5 rings (SSSR count). The van der Waals surface area contributed by atoms with E-state index in [1.807, 2.05) is 16.8 Å². The number of fused-ring (bicyclic) bond motifs is 2. The Morgan fingerprint density at radius 1 is 1.18 bits per heavy atom. The van der Waals surface area contributed by atoms with Crippen molar-refractivity contribution < 1.29 is 9.90 Å². The summed E-state index contributed by atoms with van der Waals surface area (Å²) < 4.78 is 1.95. The van der Waals surface area contributed by atoms with Crippen molar-refractivity contribution in [2.75, 3.05) is 37.6 Å². The van der Waals surface area contributed by atoms with Crippen LogP contribution in [0.1, 0.15) is 11.4 Å². The highest BCUT2D eigenvalue weighted by Gasteiger charge is 2.41. The topological polar surface area (TPSA) is 77.7 Å². The molecule has 2 fully saturated rings. The number of hydrogen-bond acceptors (Lipinski definition) is 5. The van der Waals surface area contributed by atoms with Crippen LogP contribution in [0.5, 0.6) is 0 Å². The molecule has 2 unspecified atom stereocenters. The summed E-state index contributed by atoms with van der Waals surface area (Å²) in [6.07, 6.45) is 0.820. The smallest absolute Gasteiger partial charge is 0.407 e. The fourth-order valence-electron chi connectivity index (χ4n) is 4.85. The number of carboxylic acid groups (broad SMARTS) is 1. The lowest BCUT2D eigenvalue weighted by molar-refractivity contribution is 0.148. The lowest BCUT2D eigenvalue weighted by Crippen LogP contribution is -2.35. The van der Waals surface area contributed by atoms with E-state index in [-0.39, 0.29) is 0 Å². The minimum absolute atomic E-state index is 0.445. The van der Waals surface area contributed by atoms with Gasteiger partial charge in [0, 0.05) is 50.0 Å². The number of nitrogens with zero attached hydrogens (tertiary/aromatic N) is 6. The molecule has 4 heterocycles. The van der Waals surface area contributed by atoms with Crippen molar-refractivity contribution in [3.05, 3.63) is 40.9 Å². The Bertz CT molecular complexity index is 888. The zero-order valence-electron chi connectivity index (χ0n) is 15.5. The van der Waals surface area contributed by atoms with E-state index >= 15 is 0 Å². The summed E-state index contributed by atoms with van der Waals surface area (Å²) in [5.74, 6) is 1.86. The van der Waals surface area contributed by atoms with E-state index in [0.29, 0.717) is 24.9 Å². The van der Waals surface area contributed by atoms with Crippen molar-refractivity contribution in [3.63, 3.8) is 0 Å². The molecule has 0 aliphatic carbocycles. The minimum atomic E-state index is -0.793. The number of aromatic nitrogens is 3. The quantitative estimate of drug-likeness (QED) is 0.846. The summed E-state index contributed by atoms with van der Waals surface area (Å²) in [6, 6.07) is 6.12. The predicted octanol–water partition coefficient (Wildman–Crippen LogP) is 1.99. The molecule has 2 atom stereocenters. The van der Waals surface area contributed by atoms with Crippen molar-refractivity contribution in [1.82, 2.24) is 24.6 Å². The van der Waals surface area contributed by atoms with Gasteiger partial charge in [-0.25, -0.2) is 14.5 Å². The number of anilines is 1. The van der Waals surface area contributed by atoms with Gasteiger partial charge in [0.05, 0.1) is 13.1 Å². The minimum Gasteiger partial charge on any atom is -0.465 e. The second-order valence-electron chi connectivity index (χ2n) is 8.00. The molecule has 9 heteroatoms. The van der Waals surface area contributed by atoms with Crippen LogP contribution in [0.3, 0.4) is 0 Å². The third-order valence-electron chi connectivity index (χ3n) is 6.22. The molecule has 1 N–H and O–H groups in total. The monoisotopic (exact) mass is 402 g/mol. The molecule has 2 aromatic rings. The Kier molecular flexibility index (Phi) is 4.40. The van der Waals surface area contributed by atoms with E-state index in [0.717, 1.165) is 55.8 Å². The van der Waals surface area contributed by atoms with Crippen LogP contribution in [0.15, 0.2) is 24.5 Å². The van der Waals surface area contributed by atoms with Gasteiger partial charge < -0.3 is 14.9 Å². The van der Waals surface area contributed by atoms with Gasteiger partial charge in [-0.1, -0.05) is 17.7 Å². The number of benzene rings is 1. The van der Waals surface area contributed by atoms with Crippen molar-refractivity contribution in [1.29, 1.82) is 0 Å². The summed E-state index contributed by atoms with van der Waals surface area (Å²) >= 11 is 6.32. The lowest BCUT2D eigenvalue weighted by atomic mass is 10.0. The summed E-state index contributed by atoms with van der Waals surface area (Å²) in [5, 5.41) is 14.2. The van der Waals surface area contributed by atoms with Crippen LogP contribution in [0.4, 0.5) is 10.5 Å². The summed E-state index contributed by atoms with van der Waals surface area (Å²) in [4.78, 5) is 21.9. The standard InChI is InChI=1S/C19H23ClN6O2/c20-16-2-1-13(6-23-7-14-9-25(19(27)28)10-15(14)8-23)17(5-16)24-3-4-26-18(11-24)21-12-22-26/h1-2,5,12,14-15H,3-4,6-11H2,(H,27,28). The van der Waals surface area contributed by atoms with Crippen LogP contribution < -0.4 is 4.90 Å². The molecule has 148 valence electrons. The number of carbonyl (C=O) groups is 1. The average molecular weight is 403 g/mol. The van der Waals surface area contributed by atoms with E-state index in [1.165, 1.54) is 5.56 Å². The molecule has 0 bridgehead atoms. The molecule has 1 amide bonds. The van der Waals surface area contributed by atoms with Crippen LogP contribution in [0.2, 0.25) is 5.02 Å². The third-order valence-corrected chi connectivity index (χ3v) is 6.46. The van der Waals surface area contributed by atoms with Gasteiger partial charge in [-0.3, -0.25) is 4.90 Å². The highest BCUT2D eigenvalue weighted by molar-refractivity contribution is 6.30. The third kappa shape index (κ3) is 3.20. The van der Waals surface area contributed by atoms with Gasteiger partial charge in [-0.15, -0.1) is 0 Å². The van der Waals surface area contributed by atoms with E-state index < -0.39 is 6.09 Å². The molecule has 0 saturated carbocycles. The lowest BCUT2D eigenvalue weighted by Gasteiger charge is -2.31. The first-order chi connectivity index (χ1) is 13.6. The van der Waals surface area contributed by atoms with Crippen LogP contribution in [-0.4, -0.2) is 68.5 Å². The molecule has 28 heavy (non-hydrogen) atoms. The van der Waals surface area contributed by atoms with Crippen LogP contribution >= 0.6 is 11.6 Å². The Balaban J connectivity index is 1.31. The van der Waals surface area contributed by atoms with Crippen LogP contribution in [-0.2, 0) is 19.6 Å². The number of halogens is 1. The van der Waals surface area contributed by atoms with Gasteiger partial charge in [0.15, 0.2) is 0 Å². The number of rotatable bonds is 3. The van der Waals surface area contributed by atoms with E-state index in [4.69, 9.17) is 11.6 Å². The summed E-state index contributed by atoms with van der Waals surface area (Å²) in [7, 11) is 0. The van der Waals surface area contributed by atoms with Gasteiger partial charge in [-0.05, 0) is 29.5 Å². The highest BCUT2D eigenvalue weighted by Crippen LogP contribution is 2.34. The SMILES string of the molecule is O=C(O)N1CC2CN(Cc3ccc(Cl)cc3N3CCn4ncnc4C3)CC2C1. The zero-order chi connectivity index (χ0) is 19.3. The normalized spacial score (nSPS) is 24.5. The molecule has 3 aliphatic rings. The van der Waals surface area contributed by atoms with Crippen LogP contribution in [0.25, 0.3) is 0 Å². The predicted molar refractivity (Wildman–Crippen MR) is 104 cm³/mol. The zero-order valence-corrected chi connectivity index (χ0v) is 16.3. The Morgan fingerprint density at radius 2 is 1.96 bits per heavy atom. The number of likely N-dealkylation sites (tertiary alicyclic amines) is 2. The molecule has 3 aliphatic heterocycles. The van der Waals surface area contributed by atoms with Gasteiger partial charge in [0.25, 0.3) is 0 Å². The van der Waals surface area contributed by atoms with E-state index in [2.05, 4.69) is 25.9 Å². The maximum absolute atomic E-state index is 11.2. The molecular weight excluding hydrogens is 380 g/mol. The Morgan fingerprint density at radius 3 is 2.71 bits per heavy atom. The molecule has 0 spiro atoms. The first kappa shape index (κ1) is 17.8. The summed E-state index contributed by atoms with van der Waals surface area (Å²) in [5.41, 5.74) is 2.42. The van der Waals surface area contributed by atoms with Crippen molar-refractivity contribution in [2.45, 2.75) is 19.6 Å². The summed E-state index contributed by atoms with van der Waals surface area (Å²) in [6.45, 7) is 6.50. The second-order valence-corrected chi connectivity index (χ2v) is 8.43. The first-order valence-electron chi connectivity index (χ1n) is 9.67. The van der Waals surface area contributed by atoms with Gasteiger partial charge in [-0.2, -0.15) is 5.10 Å². The maximum atomic E-state index is 11.2. The van der Waals surface area contributed by atoms with Crippen molar-refractivity contribution in [2.24, 2.45) is 11.8 Å². The molecule has 1 aromatic heterocycles. The van der Waals surface area contributed by atoms with Crippen molar-refractivity contribution >= 4 is 23.4 Å². The molecule has 8 nitrogen and oxygen atoms in total. The number of amides is 1. The second kappa shape index (κ2) is 6.93. The molecule has 1 aromatic carbocycles. The molecular formula is C19H23ClN6O2. The van der Waals surface area contributed by atoms with Crippen LogP contribution in [0, 0.1) is 11.8 Å². The number of hydrogen-bond donors (Lipinski definition) is 1. The average Bonchev–Trinajstić information content (AvgIpc) is 3.36. The first-order valence-corrected chi connectivity index (χ1v) is 10.0.